The first kappa shape index (κ1) is 17.6. The van der Waals surface area contributed by atoms with Gasteiger partial charge >= 0.3 is 5.91 Å². The van der Waals surface area contributed by atoms with Gasteiger partial charge in [0.05, 0.1) is 12.8 Å². The van der Waals surface area contributed by atoms with Crippen LogP contribution in [0.4, 0.5) is 0 Å². The molecule has 1 atom stereocenters. The van der Waals surface area contributed by atoms with Crippen LogP contribution in [0.5, 0.6) is 0 Å². The minimum atomic E-state index is -0.461. The molecular formula is C18H21N3O3S. The summed E-state index contributed by atoms with van der Waals surface area (Å²) < 4.78 is 4.96. The maximum atomic E-state index is 12.0. The zero-order valence-corrected chi connectivity index (χ0v) is 14.6. The van der Waals surface area contributed by atoms with E-state index in [2.05, 4.69) is 27.9 Å². The number of thioether (sulfide) groups is 1. The van der Waals surface area contributed by atoms with E-state index in [9.17, 15) is 9.59 Å². The summed E-state index contributed by atoms with van der Waals surface area (Å²) in [6, 6.07) is 13.5. The van der Waals surface area contributed by atoms with Gasteiger partial charge < -0.3 is 4.42 Å². The third-order valence-electron chi connectivity index (χ3n) is 4.03. The molecule has 0 aliphatic carbocycles. The topological polar surface area (TPSA) is 74.6 Å². The fourth-order valence-corrected chi connectivity index (χ4v) is 3.81. The van der Waals surface area contributed by atoms with Crippen LogP contribution in [0.1, 0.15) is 17.0 Å². The highest BCUT2D eigenvalue weighted by molar-refractivity contribution is 7.99. The van der Waals surface area contributed by atoms with E-state index in [0.717, 1.165) is 25.3 Å². The van der Waals surface area contributed by atoms with Crippen molar-refractivity contribution in [2.24, 2.45) is 5.92 Å². The van der Waals surface area contributed by atoms with Crippen LogP contribution in [0.2, 0.25) is 0 Å². The summed E-state index contributed by atoms with van der Waals surface area (Å²) in [5.41, 5.74) is 4.78. The molecule has 2 amide bonds. The largest absolute Gasteiger partial charge is 0.459 e. The zero-order chi connectivity index (χ0) is 17.5. The second-order valence-corrected chi connectivity index (χ2v) is 7.09. The number of hydrazine groups is 1. The van der Waals surface area contributed by atoms with E-state index >= 15 is 0 Å². The Morgan fingerprint density at radius 2 is 2.00 bits per heavy atom. The molecule has 6 nitrogen and oxygen atoms in total. The number of benzene rings is 1. The minimum absolute atomic E-state index is 0.166. The number of hydrogen-bond acceptors (Lipinski definition) is 5. The molecule has 2 aromatic rings. The van der Waals surface area contributed by atoms with Gasteiger partial charge in [0.15, 0.2) is 5.76 Å². The zero-order valence-electron chi connectivity index (χ0n) is 13.8. The molecule has 1 fully saturated rings. The number of nitrogens with zero attached hydrogens (tertiary/aromatic N) is 1. The van der Waals surface area contributed by atoms with Crippen LogP contribution in [0.25, 0.3) is 0 Å². The van der Waals surface area contributed by atoms with E-state index < -0.39 is 5.91 Å². The first-order chi connectivity index (χ1) is 12.2. The summed E-state index contributed by atoms with van der Waals surface area (Å²) in [5.74, 6) is 1.11. The minimum Gasteiger partial charge on any atom is -0.459 e. The Hall–Kier alpha value is -2.25. The van der Waals surface area contributed by atoms with E-state index in [1.807, 2.05) is 30.0 Å². The fraction of sp³-hybridized carbons (Fsp3) is 0.333. The number of hydrogen-bond donors (Lipinski definition) is 2. The first-order valence-corrected chi connectivity index (χ1v) is 9.22. The summed E-state index contributed by atoms with van der Waals surface area (Å²) in [4.78, 5) is 27.0. The summed E-state index contributed by atoms with van der Waals surface area (Å²) in [6.45, 7) is 2.09. The lowest BCUT2D eigenvalue weighted by atomic mass is 10.2. The molecule has 2 N–H and O–H groups in total. The Labute approximate surface area is 150 Å². The number of nitrogens with one attached hydrogen (secondary N) is 2. The van der Waals surface area contributed by atoms with Crippen molar-refractivity contribution in [3.8, 4) is 0 Å². The van der Waals surface area contributed by atoms with Crippen molar-refractivity contribution in [2.75, 3.05) is 25.4 Å². The third-order valence-corrected chi connectivity index (χ3v) is 5.27. The Balaban J connectivity index is 1.35. The number of rotatable bonds is 6. The van der Waals surface area contributed by atoms with Gasteiger partial charge in [-0.1, -0.05) is 18.2 Å². The predicted molar refractivity (Wildman–Crippen MR) is 96.0 cm³/mol. The van der Waals surface area contributed by atoms with Crippen LogP contribution in [0.3, 0.4) is 0 Å². The summed E-state index contributed by atoms with van der Waals surface area (Å²) in [5, 5.41) is 0. The second kappa shape index (κ2) is 8.73. The van der Waals surface area contributed by atoms with Crippen molar-refractivity contribution in [2.45, 2.75) is 11.3 Å². The second-order valence-electron chi connectivity index (χ2n) is 5.99. The van der Waals surface area contributed by atoms with Crippen molar-refractivity contribution in [1.29, 1.82) is 0 Å². The van der Waals surface area contributed by atoms with Crippen molar-refractivity contribution in [3.05, 3.63) is 54.5 Å². The Kier molecular flexibility index (Phi) is 6.14. The molecule has 1 aliphatic rings. The Morgan fingerprint density at radius 3 is 2.76 bits per heavy atom. The lowest BCUT2D eigenvalue weighted by Crippen LogP contribution is -2.46. The normalized spacial score (nSPS) is 17.4. The van der Waals surface area contributed by atoms with E-state index in [1.54, 1.807) is 6.07 Å². The standard InChI is InChI=1S/C18H21N3O3S/c22-17(19-20-18(23)16-7-4-10-24-16)12-21-9-8-14(11-21)13-25-15-5-2-1-3-6-15/h1-7,10,14H,8-9,11-13H2,(H,19,22)(H,20,23)/t14-/m0/s1. The van der Waals surface area contributed by atoms with E-state index in [4.69, 9.17) is 4.42 Å². The quantitative estimate of drug-likeness (QED) is 0.611. The van der Waals surface area contributed by atoms with E-state index in [1.165, 1.54) is 17.2 Å². The van der Waals surface area contributed by atoms with Gasteiger partial charge in [-0.3, -0.25) is 25.3 Å². The number of carbonyl (C=O) groups is 2. The molecule has 0 radical (unpaired) electrons. The summed E-state index contributed by atoms with van der Waals surface area (Å²) >= 11 is 1.86. The van der Waals surface area contributed by atoms with Gasteiger partial charge in [0, 0.05) is 17.2 Å². The number of amides is 2. The maximum absolute atomic E-state index is 12.0. The highest BCUT2D eigenvalue weighted by atomic mass is 32.2. The smallest absolute Gasteiger partial charge is 0.305 e. The SMILES string of the molecule is O=C(CN1CC[C@H](CSc2ccccc2)C1)NNC(=O)c1ccco1. The molecule has 1 aromatic heterocycles. The van der Waals surface area contributed by atoms with Gasteiger partial charge in [0.25, 0.3) is 5.91 Å². The summed E-state index contributed by atoms with van der Waals surface area (Å²) in [7, 11) is 0. The molecule has 1 saturated heterocycles. The highest BCUT2D eigenvalue weighted by Gasteiger charge is 2.24. The van der Waals surface area contributed by atoms with Crippen molar-refractivity contribution in [1.82, 2.24) is 15.8 Å². The monoisotopic (exact) mass is 359 g/mol. The predicted octanol–water partition coefficient (Wildman–Crippen LogP) is 2.15. The average molecular weight is 359 g/mol. The first-order valence-electron chi connectivity index (χ1n) is 8.23. The van der Waals surface area contributed by atoms with E-state index in [-0.39, 0.29) is 18.2 Å². The van der Waals surface area contributed by atoms with Gasteiger partial charge in [0.2, 0.25) is 0 Å². The number of furan rings is 1. The van der Waals surface area contributed by atoms with Crippen molar-refractivity contribution in [3.63, 3.8) is 0 Å². The fourth-order valence-electron chi connectivity index (χ4n) is 2.76. The van der Waals surface area contributed by atoms with Gasteiger partial charge in [-0.2, -0.15) is 0 Å². The lowest BCUT2D eigenvalue weighted by Gasteiger charge is -2.15. The molecule has 0 bridgehead atoms. The van der Waals surface area contributed by atoms with Crippen LogP contribution in [0, 0.1) is 5.92 Å². The lowest BCUT2D eigenvalue weighted by molar-refractivity contribution is -0.122. The number of carbonyl (C=O) groups excluding carboxylic acids is 2. The maximum Gasteiger partial charge on any atom is 0.305 e. The molecule has 25 heavy (non-hydrogen) atoms. The van der Waals surface area contributed by atoms with Crippen LogP contribution in [-0.2, 0) is 4.79 Å². The van der Waals surface area contributed by atoms with Crippen LogP contribution in [-0.4, -0.2) is 42.1 Å². The molecular weight excluding hydrogens is 338 g/mol. The van der Waals surface area contributed by atoms with Crippen LogP contribution < -0.4 is 10.9 Å². The van der Waals surface area contributed by atoms with Crippen LogP contribution >= 0.6 is 11.8 Å². The Bertz CT molecular complexity index is 691. The van der Waals surface area contributed by atoms with E-state index in [0.29, 0.717) is 5.92 Å². The van der Waals surface area contributed by atoms with Gasteiger partial charge in [0.1, 0.15) is 0 Å². The van der Waals surface area contributed by atoms with Gasteiger partial charge in [-0.05, 0) is 43.1 Å². The molecule has 0 spiro atoms. The average Bonchev–Trinajstić information content (AvgIpc) is 3.31. The molecule has 0 saturated carbocycles. The highest BCUT2D eigenvalue weighted by Crippen LogP contribution is 2.25. The molecule has 0 unspecified atom stereocenters. The van der Waals surface area contributed by atoms with Gasteiger partial charge in [-0.15, -0.1) is 11.8 Å². The number of likely N-dealkylation sites (tertiary alicyclic amines) is 1. The van der Waals surface area contributed by atoms with Crippen LogP contribution in [0.15, 0.2) is 58.0 Å². The molecule has 3 rings (SSSR count). The molecule has 1 aliphatic heterocycles. The summed E-state index contributed by atoms with van der Waals surface area (Å²) in [6.07, 6.45) is 2.50. The molecule has 7 heteroatoms. The van der Waals surface area contributed by atoms with Crippen molar-refractivity contribution < 1.29 is 14.0 Å². The molecule has 2 heterocycles. The molecule has 1 aromatic carbocycles. The molecule has 132 valence electrons. The third kappa shape index (κ3) is 5.37. The van der Waals surface area contributed by atoms with Gasteiger partial charge in [-0.25, -0.2) is 0 Å². The Morgan fingerprint density at radius 1 is 1.16 bits per heavy atom. The van der Waals surface area contributed by atoms with Crippen molar-refractivity contribution >= 4 is 23.6 Å².